The van der Waals surface area contributed by atoms with Gasteiger partial charge < -0.3 is 4.90 Å². The molecule has 106 valence electrons. The van der Waals surface area contributed by atoms with Crippen molar-refractivity contribution in [2.75, 3.05) is 7.05 Å². The lowest BCUT2D eigenvalue weighted by atomic mass is 10.1. The molecule has 1 amide bonds. The number of hydrogen-bond acceptors (Lipinski definition) is 3. The monoisotopic (exact) mass is 296 g/mol. The molecule has 0 aliphatic heterocycles. The number of likely N-dealkylation sites (N-methyl/N-ethyl adjacent to an activating group) is 1. The van der Waals surface area contributed by atoms with E-state index in [2.05, 4.69) is 18.7 Å². The third-order valence-electron chi connectivity index (χ3n) is 3.19. The fraction of sp³-hybridized carbons (Fsp3) is 0.176. The van der Waals surface area contributed by atoms with Crippen molar-refractivity contribution in [1.82, 2.24) is 4.90 Å². The summed E-state index contributed by atoms with van der Waals surface area (Å²) in [5, 5.41) is 8.89. The molecule has 0 bridgehead atoms. The molecule has 3 nitrogen and oxygen atoms in total. The van der Waals surface area contributed by atoms with Crippen molar-refractivity contribution in [3.8, 4) is 6.07 Å². The van der Waals surface area contributed by atoms with Crippen LogP contribution < -0.4 is 0 Å². The van der Waals surface area contributed by atoms with Gasteiger partial charge in [-0.25, -0.2) is 0 Å². The number of thiol groups is 1. The molecule has 2 aromatic rings. The Balaban J connectivity index is 1.99. The Morgan fingerprint density at radius 1 is 1.19 bits per heavy atom. The average molecular weight is 296 g/mol. The van der Waals surface area contributed by atoms with Crippen LogP contribution in [0.3, 0.4) is 0 Å². The zero-order valence-corrected chi connectivity index (χ0v) is 12.7. The lowest BCUT2D eigenvalue weighted by Gasteiger charge is -2.17. The topological polar surface area (TPSA) is 44.1 Å². The Morgan fingerprint density at radius 2 is 1.90 bits per heavy atom. The number of carbonyl (C=O) groups is 1. The summed E-state index contributed by atoms with van der Waals surface area (Å²) in [5.74, 6) is 0.0456. The maximum Gasteiger partial charge on any atom is 0.227 e. The van der Waals surface area contributed by atoms with E-state index >= 15 is 0 Å². The van der Waals surface area contributed by atoms with Gasteiger partial charge in [-0.1, -0.05) is 24.3 Å². The number of hydrogen-bond donors (Lipinski definition) is 1. The van der Waals surface area contributed by atoms with E-state index in [-0.39, 0.29) is 5.91 Å². The zero-order chi connectivity index (χ0) is 15.2. The quantitative estimate of drug-likeness (QED) is 0.881. The zero-order valence-electron chi connectivity index (χ0n) is 11.8. The number of nitrogens with zero attached hydrogens (tertiary/aromatic N) is 2. The van der Waals surface area contributed by atoms with Crippen LogP contribution in [0.4, 0.5) is 0 Å². The molecule has 0 heterocycles. The number of amides is 1. The second kappa shape index (κ2) is 6.96. The van der Waals surface area contributed by atoms with Gasteiger partial charge in [-0.15, -0.1) is 12.6 Å². The van der Waals surface area contributed by atoms with Gasteiger partial charge in [-0.05, 0) is 35.4 Å². The maximum absolute atomic E-state index is 12.2. The first kappa shape index (κ1) is 15.1. The molecule has 0 unspecified atom stereocenters. The number of carbonyl (C=O) groups excluding carboxylic acids is 1. The minimum absolute atomic E-state index is 0.0456. The van der Waals surface area contributed by atoms with Gasteiger partial charge in [0.15, 0.2) is 0 Å². The summed E-state index contributed by atoms with van der Waals surface area (Å²) < 4.78 is 0. The fourth-order valence-electron chi connectivity index (χ4n) is 2.02. The van der Waals surface area contributed by atoms with Crippen LogP contribution >= 0.6 is 12.6 Å². The van der Waals surface area contributed by atoms with E-state index in [1.165, 1.54) is 0 Å². The van der Waals surface area contributed by atoms with E-state index < -0.39 is 0 Å². The SMILES string of the molecule is CN(Cc1cccc(C#N)c1)C(=O)Cc1ccc(S)cc1. The third-order valence-corrected chi connectivity index (χ3v) is 3.49. The summed E-state index contributed by atoms with van der Waals surface area (Å²) in [4.78, 5) is 14.8. The average Bonchev–Trinajstić information content (AvgIpc) is 2.49. The Hall–Kier alpha value is -2.25. The molecule has 2 aromatic carbocycles. The summed E-state index contributed by atoms with van der Waals surface area (Å²) >= 11 is 4.23. The third kappa shape index (κ3) is 4.37. The minimum atomic E-state index is 0.0456. The molecule has 21 heavy (non-hydrogen) atoms. The highest BCUT2D eigenvalue weighted by Crippen LogP contribution is 2.11. The predicted molar refractivity (Wildman–Crippen MR) is 85.0 cm³/mol. The molecule has 2 rings (SSSR count). The first-order valence-corrected chi connectivity index (χ1v) is 7.04. The summed E-state index contributed by atoms with van der Waals surface area (Å²) in [6.07, 6.45) is 0.364. The second-order valence-corrected chi connectivity index (χ2v) is 5.42. The molecule has 4 heteroatoms. The van der Waals surface area contributed by atoms with Crippen LogP contribution in [0.15, 0.2) is 53.4 Å². The van der Waals surface area contributed by atoms with E-state index in [4.69, 9.17) is 5.26 Å². The van der Waals surface area contributed by atoms with Crippen molar-refractivity contribution in [3.05, 3.63) is 65.2 Å². The summed E-state index contributed by atoms with van der Waals surface area (Å²) in [6, 6.07) is 17.0. The lowest BCUT2D eigenvalue weighted by molar-refractivity contribution is -0.129. The number of benzene rings is 2. The summed E-state index contributed by atoms with van der Waals surface area (Å²) in [6.45, 7) is 0.499. The van der Waals surface area contributed by atoms with Crippen molar-refractivity contribution in [2.45, 2.75) is 17.9 Å². The van der Waals surface area contributed by atoms with Crippen molar-refractivity contribution in [1.29, 1.82) is 5.26 Å². The first-order valence-electron chi connectivity index (χ1n) is 6.59. The molecule has 0 atom stereocenters. The summed E-state index contributed by atoms with van der Waals surface area (Å²) in [5.41, 5.74) is 2.53. The highest BCUT2D eigenvalue weighted by atomic mass is 32.1. The summed E-state index contributed by atoms with van der Waals surface area (Å²) in [7, 11) is 1.77. The highest BCUT2D eigenvalue weighted by molar-refractivity contribution is 7.80. The Bertz CT molecular complexity index is 674. The molecular weight excluding hydrogens is 280 g/mol. The molecule has 0 aromatic heterocycles. The van der Waals surface area contributed by atoms with Gasteiger partial charge in [-0.2, -0.15) is 5.26 Å². The van der Waals surface area contributed by atoms with Crippen LogP contribution in [0.25, 0.3) is 0 Å². The smallest absolute Gasteiger partial charge is 0.227 e. The standard InChI is InChI=1S/C17H16N2OS/c1-19(12-15-4-2-3-14(9-15)11-18)17(20)10-13-5-7-16(21)8-6-13/h2-9,21H,10,12H2,1H3. The van der Waals surface area contributed by atoms with E-state index in [0.717, 1.165) is 16.0 Å². The van der Waals surface area contributed by atoms with Crippen LogP contribution in [0.5, 0.6) is 0 Å². The van der Waals surface area contributed by atoms with Gasteiger partial charge in [-0.3, -0.25) is 4.79 Å². The van der Waals surface area contributed by atoms with Gasteiger partial charge >= 0.3 is 0 Å². The van der Waals surface area contributed by atoms with Gasteiger partial charge in [0, 0.05) is 18.5 Å². The van der Waals surface area contributed by atoms with E-state index in [9.17, 15) is 4.79 Å². The van der Waals surface area contributed by atoms with Gasteiger partial charge in [0.2, 0.25) is 5.91 Å². The van der Waals surface area contributed by atoms with Crippen LogP contribution in [-0.4, -0.2) is 17.9 Å². The van der Waals surface area contributed by atoms with Gasteiger partial charge in [0.05, 0.1) is 18.1 Å². The van der Waals surface area contributed by atoms with E-state index in [1.54, 1.807) is 24.1 Å². The Labute approximate surface area is 130 Å². The van der Waals surface area contributed by atoms with Crippen LogP contribution in [0.1, 0.15) is 16.7 Å². The maximum atomic E-state index is 12.2. The van der Waals surface area contributed by atoms with Crippen LogP contribution in [-0.2, 0) is 17.8 Å². The van der Waals surface area contributed by atoms with Crippen molar-refractivity contribution in [2.24, 2.45) is 0 Å². The van der Waals surface area contributed by atoms with E-state index in [0.29, 0.717) is 18.5 Å². The number of nitriles is 1. The van der Waals surface area contributed by atoms with Crippen molar-refractivity contribution < 1.29 is 4.79 Å². The molecule has 0 saturated carbocycles. The Kier molecular flexibility index (Phi) is 5.02. The first-order chi connectivity index (χ1) is 10.1. The second-order valence-electron chi connectivity index (χ2n) is 4.91. The molecule has 0 saturated heterocycles. The molecule has 0 spiro atoms. The highest BCUT2D eigenvalue weighted by Gasteiger charge is 2.10. The normalized spacial score (nSPS) is 9.95. The molecular formula is C17H16N2OS. The van der Waals surface area contributed by atoms with Gasteiger partial charge in [0.1, 0.15) is 0 Å². The Morgan fingerprint density at radius 3 is 2.57 bits per heavy atom. The van der Waals surface area contributed by atoms with Crippen molar-refractivity contribution >= 4 is 18.5 Å². The minimum Gasteiger partial charge on any atom is -0.341 e. The predicted octanol–water partition coefficient (Wildman–Crippen LogP) is 3.05. The van der Waals surface area contributed by atoms with Crippen LogP contribution in [0.2, 0.25) is 0 Å². The lowest BCUT2D eigenvalue weighted by Crippen LogP contribution is -2.27. The molecule has 0 N–H and O–H groups in total. The molecule has 0 radical (unpaired) electrons. The molecule has 0 aliphatic rings. The van der Waals surface area contributed by atoms with E-state index in [1.807, 2.05) is 36.4 Å². The van der Waals surface area contributed by atoms with Crippen molar-refractivity contribution in [3.63, 3.8) is 0 Å². The molecule has 0 fully saturated rings. The number of rotatable bonds is 4. The fourth-order valence-corrected chi connectivity index (χ4v) is 2.17. The largest absolute Gasteiger partial charge is 0.341 e. The van der Waals surface area contributed by atoms with Gasteiger partial charge in [0.25, 0.3) is 0 Å². The van der Waals surface area contributed by atoms with Crippen LogP contribution in [0, 0.1) is 11.3 Å². The molecule has 0 aliphatic carbocycles.